The zero-order valence-corrected chi connectivity index (χ0v) is 5.76. The molecule has 0 aliphatic carbocycles. The molecule has 0 aliphatic rings. The van der Waals surface area contributed by atoms with Crippen LogP contribution in [0.5, 0.6) is 0 Å². The van der Waals surface area contributed by atoms with Crippen molar-refractivity contribution in [1.82, 2.24) is 0 Å². The van der Waals surface area contributed by atoms with E-state index in [-0.39, 0.29) is 5.25 Å². The second-order valence-corrected chi connectivity index (χ2v) is 3.54. The Labute approximate surface area is 50.8 Å². The number of hydrogen-bond acceptors (Lipinski definition) is 1. The summed E-state index contributed by atoms with van der Waals surface area (Å²) in [6, 6.07) is 0. The van der Waals surface area contributed by atoms with Crippen LogP contribution in [0, 0.1) is 0 Å². The van der Waals surface area contributed by atoms with Gasteiger partial charge in [-0.25, -0.2) is 0 Å². The van der Waals surface area contributed by atoms with Gasteiger partial charge in [0.2, 0.25) is 0 Å². The molecule has 2 unspecified atom stereocenters. The summed E-state index contributed by atoms with van der Waals surface area (Å²) in [6.45, 7) is 5.30. The molecule has 0 bridgehead atoms. The average molecular weight is 136 g/mol. The van der Waals surface area contributed by atoms with Gasteiger partial charge in [-0.2, -0.15) is 0 Å². The molecule has 0 aromatic carbocycles. The Balaban J connectivity index is 3.55. The van der Waals surface area contributed by atoms with E-state index in [1.165, 1.54) is 0 Å². The molecule has 1 nitrogen and oxygen atoms in total. The summed E-state index contributed by atoms with van der Waals surface area (Å²) in [5.41, 5.74) is 0. The van der Waals surface area contributed by atoms with E-state index in [0.29, 0.717) is 0 Å². The highest BCUT2D eigenvalue weighted by molar-refractivity contribution is 8.26. The minimum atomic E-state index is -0.895. The van der Waals surface area contributed by atoms with Crippen LogP contribution >= 0.6 is 0 Å². The van der Waals surface area contributed by atoms with Gasteiger partial charge >= 0.3 is 0 Å². The average Bonchev–Trinajstić information content (AvgIpc) is 1.65. The highest BCUT2D eigenvalue weighted by Crippen LogP contribution is 1.90. The van der Waals surface area contributed by atoms with Crippen molar-refractivity contribution >= 4 is 20.9 Å². The van der Waals surface area contributed by atoms with E-state index in [1.807, 2.05) is 6.92 Å². The van der Waals surface area contributed by atoms with Crippen molar-refractivity contribution in [2.75, 3.05) is 0 Å². The predicted molar refractivity (Wildman–Crippen MR) is 37.0 cm³/mol. The molecule has 2 atom stereocenters. The van der Waals surface area contributed by atoms with Crippen LogP contribution in [0.15, 0.2) is 12.7 Å². The first kappa shape index (κ1) is 7.27. The van der Waals surface area contributed by atoms with Crippen molar-refractivity contribution in [1.29, 1.82) is 0 Å². The molecular formula is C4H8OS2. The minimum Gasteiger partial charge on any atom is -0.327 e. The second kappa shape index (κ2) is 3.29. The van der Waals surface area contributed by atoms with Crippen LogP contribution in [0.4, 0.5) is 0 Å². The van der Waals surface area contributed by atoms with Crippen molar-refractivity contribution in [3.05, 3.63) is 12.7 Å². The predicted octanol–water partition coefficient (Wildman–Crippen LogP) is 1.11. The zero-order valence-electron chi connectivity index (χ0n) is 4.13. The molecule has 0 aromatic rings. The topological polar surface area (TPSA) is 20.2 Å². The van der Waals surface area contributed by atoms with E-state index < -0.39 is 9.74 Å². The van der Waals surface area contributed by atoms with Crippen LogP contribution in [0.2, 0.25) is 0 Å². The lowest BCUT2D eigenvalue weighted by Crippen LogP contribution is -2.02. The molecule has 0 aliphatic heterocycles. The van der Waals surface area contributed by atoms with Crippen LogP contribution in [-0.4, -0.2) is 9.80 Å². The molecular weight excluding hydrogens is 128 g/mol. The molecule has 0 aromatic heterocycles. The van der Waals surface area contributed by atoms with E-state index in [9.17, 15) is 0 Å². The summed E-state index contributed by atoms with van der Waals surface area (Å²) >= 11 is 4.51. The van der Waals surface area contributed by atoms with Crippen LogP contribution in [0.1, 0.15) is 6.92 Å². The molecule has 1 N–H and O–H groups in total. The fourth-order valence-corrected chi connectivity index (χ4v) is 0.483. The molecule has 0 fully saturated rings. The van der Waals surface area contributed by atoms with Gasteiger partial charge in [-0.15, -0.1) is 6.58 Å². The monoisotopic (exact) mass is 136 g/mol. The van der Waals surface area contributed by atoms with Crippen molar-refractivity contribution in [2.24, 2.45) is 0 Å². The van der Waals surface area contributed by atoms with Gasteiger partial charge in [-0.05, 0) is 18.1 Å². The molecule has 0 spiro atoms. The molecule has 0 radical (unpaired) electrons. The number of hydrogen-bond donors (Lipinski definition) is 1. The molecule has 7 heavy (non-hydrogen) atoms. The third-order valence-electron chi connectivity index (χ3n) is 0.650. The van der Waals surface area contributed by atoms with Gasteiger partial charge in [0.05, 0.1) is 0 Å². The maximum Gasteiger partial charge on any atom is 0.0485 e. The Bertz CT molecular complexity index is 89.7. The summed E-state index contributed by atoms with van der Waals surface area (Å²) in [5, 5.41) is 0.0648. The molecule has 0 saturated carbocycles. The highest BCUT2D eigenvalue weighted by atomic mass is 32.8. The molecule has 42 valence electrons. The summed E-state index contributed by atoms with van der Waals surface area (Å²) in [4.78, 5) is 0. The van der Waals surface area contributed by atoms with Crippen molar-refractivity contribution in [3.8, 4) is 0 Å². The lowest BCUT2D eigenvalue weighted by molar-refractivity contribution is 0.651. The summed E-state index contributed by atoms with van der Waals surface area (Å²) in [5.74, 6) is 0. The van der Waals surface area contributed by atoms with Crippen LogP contribution in [0.25, 0.3) is 0 Å². The fraction of sp³-hybridized carbons (Fsp3) is 0.500. The first-order chi connectivity index (χ1) is 3.18. The molecule has 0 saturated heterocycles. The van der Waals surface area contributed by atoms with E-state index in [2.05, 4.69) is 17.8 Å². The maximum absolute atomic E-state index is 8.59. The Morgan fingerprint density at radius 3 is 2.43 bits per heavy atom. The van der Waals surface area contributed by atoms with Gasteiger partial charge in [0.15, 0.2) is 0 Å². The lowest BCUT2D eigenvalue weighted by atomic mass is 10.5. The largest absolute Gasteiger partial charge is 0.327 e. The van der Waals surface area contributed by atoms with E-state index in [4.69, 9.17) is 4.55 Å². The maximum atomic E-state index is 8.59. The zero-order chi connectivity index (χ0) is 5.86. The normalized spacial score (nSPS) is 18.0. The van der Waals surface area contributed by atoms with Gasteiger partial charge in [-0.1, -0.05) is 6.08 Å². The van der Waals surface area contributed by atoms with Gasteiger partial charge in [0.25, 0.3) is 0 Å². The molecule has 3 heteroatoms. The molecule has 0 amide bonds. The van der Waals surface area contributed by atoms with Gasteiger partial charge in [0, 0.05) is 15.0 Å². The van der Waals surface area contributed by atoms with Crippen LogP contribution in [0.3, 0.4) is 0 Å². The summed E-state index contributed by atoms with van der Waals surface area (Å²) in [6.07, 6.45) is 1.65. The van der Waals surface area contributed by atoms with E-state index >= 15 is 0 Å². The van der Waals surface area contributed by atoms with Crippen molar-refractivity contribution in [2.45, 2.75) is 12.2 Å². The second-order valence-electron chi connectivity index (χ2n) is 1.22. The van der Waals surface area contributed by atoms with Crippen LogP contribution < -0.4 is 0 Å². The lowest BCUT2D eigenvalue weighted by Gasteiger charge is -1.97. The molecule has 0 heterocycles. The standard InChI is InChI=1S/C4H8OS2/c1-3-4(2)7(5)6/h3-4H,1H2,2H3,(H,5,6). The van der Waals surface area contributed by atoms with Crippen LogP contribution in [-0.2, 0) is 20.9 Å². The number of rotatable bonds is 2. The van der Waals surface area contributed by atoms with E-state index in [0.717, 1.165) is 0 Å². The van der Waals surface area contributed by atoms with Gasteiger partial charge < -0.3 is 4.55 Å². The van der Waals surface area contributed by atoms with Gasteiger partial charge in [-0.3, -0.25) is 0 Å². The molecule has 0 rings (SSSR count). The first-order valence-electron chi connectivity index (χ1n) is 1.90. The Hall–Kier alpha value is 0.270. The van der Waals surface area contributed by atoms with Gasteiger partial charge in [0.1, 0.15) is 0 Å². The minimum absolute atomic E-state index is 0.0648. The Morgan fingerprint density at radius 2 is 2.43 bits per heavy atom. The highest BCUT2D eigenvalue weighted by Gasteiger charge is 1.94. The third kappa shape index (κ3) is 2.91. The SMILES string of the molecule is C=CC(C)S(O)=S. The Morgan fingerprint density at radius 1 is 2.00 bits per heavy atom. The fourth-order valence-electron chi connectivity index (χ4n) is 0.0823. The first-order valence-corrected chi connectivity index (χ1v) is 4.07. The quantitative estimate of drug-likeness (QED) is 0.574. The Kier molecular flexibility index (Phi) is 3.42. The van der Waals surface area contributed by atoms with Crippen molar-refractivity contribution < 1.29 is 4.55 Å². The van der Waals surface area contributed by atoms with Crippen molar-refractivity contribution in [3.63, 3.8) is 0 Å². The third-order valence-corrected chi connectivity index (χ3v) is 2.39. The van der Waals surface area contributed by atoms with E-state index in [1.54, 1.807) is 6.08 Å². The summed E-state index contributed by atoms with van der Waals surface area (Å²) in [7, 11) is -0.895. The summed E-state index contributed by atoms with van der Waals surface area (Å²) < 4.78 is 8.59. The smallest absolute Gasteiger partial charge is 0.0485 e.